The van der Waals surface area contributed by atoms with Crippen LogP contribution < -0.4 is 10.7 Å². The standard InChI is InChI=1S/C22H16ClN3O2/c1-14-12-20(27)21(25-26(14)19-10-7-17(23)8-11-19)22(28)24-18-9-6-15-4-2-3-5-16(15)13-18/h2-13H,1H3,(H,24,28). The number of hydrogen-bond acceptors (Lipinski definition) is 3. The van der Waals surface area contributed by atoms with Gasteiger partial charge >= 0.3 is 0 Å². The van der Waals surface area contributed by atoms with E-state index in [-0.39, 0.29) is 5.69 Å². The van der Waals surface area contributed by atoms with E-state index in [0.29, 0.717) is 22.1 Å². The fraction of sp³-hybridized carbons (Fsp3) is 0.0455. The Bertz CT molecular complexity index is 1250. The normalized spacial score (nSPS) is 10.8. The third-order valence-electron chi connectivity index (χ3n) is 4.40. The number of nitrogens with one attached hydrogen (secondary N) is 1. The number of carbonyl (C=O) groups is 1. The minimum Gasteiger partial charge on any atom is -0.320 e. The van der Waals surface area contributed by atoms with Gasteiger partial charge in [-0.15, -0.1) is 0 Å². The zero-order chi connectivity index (χ0) is 19.7. The van der Waals surface area contributed by atoms with E-state index in [4.69, 9.17) is 11.6 Å². The van der Waals surface area contributed by atoms with Gasteiger partial charge in [0.1, 0.15) is 0 Å². The van der Waals surface area contributed by atoms with Crippen molar-refractivity contribution in [3.05, 3.63) is 99.4 Å². The summed E-state index contributed by atoms with van der Waals surface area (Å²) in [7, 11) is 0. The first-order chi connectivity index (χ1) is 13.5. The number of aromatic nitrogens is 2. The largest absolute Gasteiger partial charge is 0.320 e. The lowest BCUT2D eigenvalue weighted by Gasteiger charge is -2.12. The zero-order valence-electron chi connectivity index (χ0n) is 15.0. The smallest absolute Gasteiger partial charge is 0.280 e. The number of anilines is 1. The second-order valence-electron chi connectivity index (χ2n) is 6.40. The molecule has 1 heterocycles. The lowest BCUT2D eigenvalue weighted by molar-refractivity contribution is 0.101. The maximum atomic E-state index is 12.7. The Morgan fingerprint density at radius 1 is 0.964 bits per heavy atom. The Morgan fingerprint density at radius 2 is 1.68 bits per heavy atom. The minimum absolute atomic E-state index is 0.172. The summed E-state index contributed by atoms with van der Waals surface area (Å²) in [6.45, 7) is 1.76. The van der Waals surface area contributed by atoms with Crippen molar-refractivity contribution in [3.63, 3.8) is 0 Å². The number of rotatable bonds is 3. The van der Waals surface area contributed by atoms with Crippen molar-refractivity contribution in [2.75, 3.05) is 5.32 Å². The molecule has 6 heteroatoms. The molecule has 3 aromatic carbocycles. The van der Waals surface area contributed by atoms with E-state index < -0.39 is 11.3 Å². The number of benzene rings is 3. The molecule has 0 aliphatic carbocycles. The van der Waals surface area contributed by atoms with Crippen LogP contribution in [0.1, 0.15) is 16.2 Å². The predicted molar refractivity (Wildman–Crippen MR) is 111 cm³/mol. The van der Waals surface area contributed by atoms with Gasteiger partial charge in [-0.25, -0.2) is 4.68 Å². The van der Waals surface area contributed by atoms with Crippen LogP contribution in [0.2, 0.25) is 5.02 Å². The molecule has 1 amide bonds. The summed E-state index contributed by atoms with van der Waals surface area (Å²) < 4.78 is 1.55. The van der Waals surface area contributed by atoms with Crippen LogP contribution in [0.3, 0.4) is 0 Å². The van der Waals surface area contributed by atoms with Gasteiger partial charge < -0.3 is 5.32 Å². The van der Waals surface area contributed by atoms with Crippen LogP contribution in [0.4, 0.5) is 5.69 Å². The molecule has 28 heavy (non-hydrogen) atoms. The van der Waals surface area contributed by atoms with Gasteiger partial charge in [0.15, 0.2) is 5.69 Å². The van der Waals surface area contributed by atoms with Gasteiger partial charge in [0.25, 0.3) is 5.91 Å². The molecule has 0 fully saturated rings. The van der Waals surface area contributed by atoms with Gasteiger partial charge in [-0.05, 0) is 54.1 Å². The first kappa shape index (κ1) is 17.9. The number of nitrogens with zero attached hydrogens (tertiary/aromatic N) is 2. The molecule has 1 N–H and O–H groups in total. The summed E-state index contributed by atoms with van der Waals surface area (Å²) >= 11 is 5.93. The topological polar surface area (TPSA) is 64.0 Å². The zero-order valence-corrected chi connectivity index (χ0v) is 15.8. The molecule has 0 radical (unpaired) electrons. The first-order valence-corrected chi connectivity index (χ1v) is 9.06. The lowest BCUT2D eigenvalue weighted by Crippen LogP contribution is -2.26. The highest BCUT2D eigenvalue weighted by Gasteiger charge is 2.16. The fourth-order valence-electron chi connectivity index (χ4n) is 3.01. The van der Waals surface area contributed by atoms with Crippen LogP contribution in [-0.4, -0.2) is 15.7 Å². The van der Waals surface area contributed by atoms with Crippen molar-refractivity contribution < 1.29 is 4.79 Å². The average molecular weight is 390 g/mol. The number of fused-ring (bicyclic) bond motifs is 1. The van der Waals surface area contributed by atoms with Crippen molar-refractivity contribution in [1.29, 1.82) is 0 Å². The van der Waals surface area contributed by atoms with E-state index in [1.807, 2.05) is 36.4 Å². The van der Waals surface area contributed by atoms with Gasteiger partial charge in [0.05, 0.1) is 5.69 Å². The predicted octanol–water partition coefficient (Wildman–Crippen LogP) is 4.60. The molecule has 138 valence electrons. The highest BCUT2D eigenvalue weighted by atomic mass is 35.5. The van der Waals surface area contributed by atoms with Crippen LogP contribution >= 0.6 is 11.6 Å². The summed E-state index contributed by atoms with van der Waals surface area (Å²) in [5, 5.41) is 9.70. The van der Waals surface area contributed by atoms with Gasteiger partial charge in [-0.2, -0.15) is 5.10 Å². The molecule has 4 aromatic rings. The summed E-state index contributed by atoms with van der Waals surface area (Å²) in [5.74, 6) is -0.553. The third kappa shape index (κ3) is 3.52. The molecule has 0 bridgehead atoms. The Kier molecular flexibility index (Phi) is 4.67. The number of carbonyl (C=O) groups excluding carboxylic acids is 1. The van der Waals surface area contributed by atoms with Crippen LogP contribution in [0.5, 0.6) is 0 Å². The van der Waals surface area contributed by atoms with Gasteiger partial charge in [0.2, 0.25) is 5.43 Å². The highest BCUT2D eigenvalue weighted by molar-refractivity contribution is 6.30. The maximum absolute atomic E-state index is 12.7. The molecule has 5 nitrogen and oxygen atoms in total. The Hall–Kier alpha value is -3.44. The quantitative estimate of drug-likeness (QED) is 0.557. The molecule has 1 aromatic heterocycles. The summed E-state index contributed by atoms with van der Waals surface area (Å²) in [6, 6.07) is 21.8. The van der Waals surface area contributed by atoms with Crippen LogP contribution in [0.25, 0.3) is 16.5 Å². The molecule has 0 aliphatic heterocycles. The van der Waals surface area contributed by atoms with Crippen molar-refractivity contribution in [3.8, 4) is 5.69 Å². The SMILES string of the molecule is Cc1cc(=O)c(C(=O)Nc2ccc3ccccc3c2)nn1-c1ccc(Cl)cc1. The maximum Gasteiger partial charge on any atom is 0.280 e. The summed E-state index contributed by atoms with van der Waals surface area (Å²) in [5.41, 5.74) is 1.33. The lowest BCUT2D eigenvalue weighted by atomic mass is 10.1. The van der Waals surface area contributed by atoms with Crippen molar-refractivity contribution in [2.24, 2.45) is 0 Å². The first-order valence-electron chi connectivity index (χ1n) is 8.68. The molecule has 0 atom stereocenters. The Labute approximate surface area is 166 Å². The van der Waals surface area contributed by atoms with E-state index in [0.717, 1.165) is 10.8 Å². The van der Waals surface area contributed by atoms with Crippen molar-refractivity contribution in [1.82, 2.24) is 9.78 Å². The third-order valence-corrected chi connectivity index (χ3v) is 4.65. The second-order valence-corrected chi connectivity index (χ2v) is 6.84. The molecule has 0 spiro atoms. The molecule has 0 saturated carbocycles. The number of hydrogen-bond donors (Lipinski definition) is 1. The van der Waals surface area contributed by atoms with Gasteiger partial charge in [-0.3, -0.25) is 9.59 Å². The summed E-state index contributed by atoms with van der Waals surface area (Å²) in [6.07, 6.45) is 0. The number of halogens is 1. The molecule has 0 saturated heterocycles. The number of aryl methyl sites for hydroxylation is 1. The Balaban J connectivity index is 1.69. The second kappa shape index (κ2) is 7.29. The van der Waals surface area contributed by atoms with E-state index in [9.17, 15) is 9.59 Å². The Morgan fingerprint density at radius 3 is 2.43 bits per heavy atom. The van der Waals surface area contributed by atoms with Crippen LogP contribution in [0, 0.1) is 6.92 Å². The van der Waals surface area contributed by atoms with Crippen LogP contribution in [-0.2, 0) is 0 Å². The molecule has 4 rings (SSSR count). The van der Waals surface area contributed by atoms with E-state index in [2.05, 4.69) is 10.4 Å². The van der Waals surface area contributed by atoms with Gasteiger partial charge in [-0.1, -0.05) is 41.9 Å². The fourth-order valence-corrected chi connectivity index (χ4v) is 3.13. The molecular weight excluding hydrogens is 374 g/mol. The van der Waals surface area contributed by atoms with E-state index >= 15 is 0 Å². The molecule has 0 aliphatic rings. The minimum atomic E-state index is -0.553. The van der Waals surface area contributed by atoms with Gasteiger partial charge in [0, 0.05) is 22.5 Å². The van der Waals surface area contributed by atoms with E-state index in [1.54, 1.807) is 41.9 Å². The monoisotopic (exact) mass is 389 g/mol. The molecular formula is C22H16ClN3O2. The van der Waals surface area contributed by atoms with Crippen molar-refractivity contribution >= 4 is 34.0 Å². The van der Waals surface area contributed by atoms with Crippen molar-refractivity contribution in [2.45, 2.75) is 6.92 Å². The van der Waals surface area contributed by atoms with Crippen LogP contribution in [0.15, 0.2) is 77.6 Å². The van der Waals surface area contributed by atoms with E-state index in [1.165, 1.54) is 6.07 Å². The molecule has 0 unspecified atom stereocenters. The average Bonchev–Trinajstić information content (AvgIpc) is 2.69. The summed E-state index contributed by atoms with van der Waals surface area (Å²) in [4.78, 5) is 25.1. The highest BCUT2D eigenvalue weighted by Crippen LogP contribution is 2.19. The number of amides is 1.